The van der Waals surface area contributed by atoms with E-state index < -0.39 is 5.97 Å². The highest BCUT2D eigenvalue weighted by atomic mass is 32.1. The molecule has 1 fully saturated rings. The van der Waals surface area contributed by atoms with Crippen LogP contribution < -0.4 is 10.6 Å². The van der Waals surface area contributed by atoms with Crippen LogP contribution in [0.1, 0.15) is 28.1 Å². The van der Waals surface area contributed by atoms with Crippen molar-refractivity contribution in [2.45, 2.75) is 25.4 Å². The van der Waals surface area contributed by atoms with Crippen LogP contribution in [0, 0.1) is 0 Å². The fraction of sp³-hybridized carbons (Fsp3) is 0.267. The predicted octanol–water partition coefficient (Wildman–Crippen LogP) is 3.20. The average Bonchev–Trinajstić information content (AvgIpc) is 3.14. The molecule has 1 aliphatic rings. The largest absolute Gasteiger partial charge is 0.478 e. The lowest BCUT2D eigenvalue weighted by molar-refractivity contribution is 0.0698. The Bertz CT molecular complexity index is 621. The van der Waals surface area contributed by atoms with Gasteiger partial charge < -0.3 is 15.7 Å². The molecule has 4 nitrogen and oxygen atoms in total. The second-order valence-corrected chi connectivity index (χ2v) is 6.05. The first-order valence-electron chi connectivity index (χ1n) is 6.57. The molecule has 0 saturated heterocycles. The molecule has 0 atom stereocenters. The molecular formula is C15H16N2O2S. The summed E-state index contributed by atoms with van der Waals surface area (Å²) in [6.07, 6.45) is 2.33. The van der Waals surface area contributed by atoms with Gasteiger partial charge in [0.25, 0.3) is 0 Å². The Labute approximate surface area is 121 Å². The highest BCUT2D eigenvalue weighted by molar-refractivity contribution is 7.09. The zero-order chi connectivity index (χ0) is 14.1. The monoisotopic (exact) mass is 288 g/mol. The predicted molar refractivity (Wildman–Crippen MR) is 81.3 cm³/mol. The maximum Gasteiger partial charge on any atom is 0.337 e. The first-order valence-corrected chi connectivity index (χ1v) is 7.45. The van der Waals surface area contributed by atoms with E-state index in [4.69, 9.17) is 5.73 Å². The van der Waals surface area contributed by atoms with E-state index in [1.165, 1.54) is 4.88 Å². The summed E-state index contributed by atoms with van der Waals surface area (Å²) < 4.78 is 0. The number of hydrogen-bond donors (Lipinski definition) is 2. The van der Waals surface area contributed by atoms with E-state index in [2.05, 4.69) is 16.3 Å². The number of benzene rings is 1. The van der Waals surface area contributed by atoms with E-state index in [9.17, 15) is 9.90 Å². The van der Waals surface area contributed by atoms with Gasteiger partial charge in [0.2, 0.25) is 0 Å². The van der Waals surface area contributed by atoms with E-state index in [1.54, 1.807) is 23.5 Å². The first-order chi connectivity index (χ1) is 9.65. The number of carbonyl (C=O) groups is 1. The van der Waals surface area contributed by atoms with Crippen LogP contribution in [-0.4, -0.2) is 17.1 Å². The van der Waals surface area contributed by atoms with Crippen molar-refractivity contribution in [2.24, 2.45) is 0 Å². The molecule has 1 aliphatic carbocycles. The molecule has 1 saturated carbocycles. The normalized spacial score (nSPS) is 14.2. The van der Waals surface area contributed by atoms with Crippen molar-refractivity contribution in [3.05, 3.63) is 46.2 Å². The van der Waals surface area contributed by atoms with Crippen LogP contribution in [0.4, 0.5) is 11.4 Å². The minimum Gasteiger partial charge on any atom is -0.478 e. The number of rotatable bonds is 5. The summed E-state index contributed by atoms with van der Waals surface area (Å²) in [7, 11) is 0. The summed E-state index contributed by atoms with van der Waals surface area (Å²) in [5, 5.41) is 11.2. The smallest absolute Gasteiger partial charge is 0.337 e. The van der Waals surface area contributed by atoms with Crippen LogP contribution in [0.2, 0.25) is 0 Å². The fourth-order valence-electron chi connectivity index (χ4n) is 2.30. The van der Waals surface area contributed by atoms with Gasteiger partial charge in [0.05, 0.1) is 12.1 Å². The molecule has 0 unspecified atom stereocenters. The molecule has 3 N–H and O–H groups in total. The molecular weight excluding hydrogens is 272 g/mol. The third kappa shape index (κ3) is 2.63. The summed E-state index contributed by atoms with van der Waals surface area (Å²) >= 11 is 1.72. The summed E-state index contributed by atoms with van der Waals surface area (Å²) in [4.78, 5) is 14.8. The van der Waals surface area contributed by atoms with Crippen molar-refractivity contribution in [1.82, 2.24) is 0 Å². The van der Waals surface area contributed by atoms with E-state index in [0.717, 1.165) is 25.1 Å². The Balaban J connectivity index is 1.91. The molecule has 1 heterocycles. The summed E-state index contributed by atoms with van der Waals surface area (Å²) in [5.41, 5.74) is 7.15. The molecule has 0 bridgehead atoms. The van der Waals surface area contributed by atoms with Gasteiger partial charge in [-0.1, -0.05) is 6.07 Å². The highest BCUT2D eigenvalue weighted by Crippen LogP contribution is 2.35. The van der Waals surface area contributed by atoms with Gasteiger partial charge in [-0.05, 0) is 42.5 Å². The van der Waals surface area contributed by atoms with Crippen molar-refractivity contribution < 1.29 is 9.90 Å². The second kappa shape index (κ2) is 5.17. The van der Waals surface area contributed by atoms with Crippen molar-refractivity contribution in [2.75, 3.05) is 10.6 Å². The Morgan fingerprint density at radius 3 is 2.80 bits per heavy atom. The van der Waals surface area contributed by atoms with Gasteiger partial charge in [0.15, 0.2) is 0 Å². The zero-order valence-corrected chi connectivity index (χ0v) is 11.8. The fourth-order valence-corrected chi connectivity index (χ4v) is 3.00. The molecule has 0 amide bonds. The number of hydrogen-bond acceptors (Lipinski definition) is 4. The quantitative estimate of drug-likeness (QED) is 0.829. The maximum absolute atomic E-state index is 11.2. The van der Waals surface area contributed by atoms with Gasteiger partial charge in [-0.15, -0.1) is 11.3 Å². The minimum absolute atomic E-state index is 0.180. The van der Waals surface area contributed by atoms with Crippen molar-refractivity contribution in [1.29, 1.82) is 0 Å². The third-order valence-corrected chi connectivity index (χ3v) is 4.35. The van der Waals surface area contributed by atoms with E-state index >= 15 is 0 Å². The molecule has 0 radical (unpaired) electrons. The lowest BCUT2D eigenvalue weighted by Gasteiger charge is -2.24. The highest BCUT2D eigenvalue weighted by Gasteiger charge is 2.30. The van der Waals surface area contributed by atoms with Gasteiger partial charge in [0.1, 0.15) is 0 Å². The Morgan fingerprint density at radius 1 is 1.40 bits per heavy atom. The van der Waals surface area contributed by atoms with Gasteiger partial charge in [-0.3, -0.25) is 0 Å². The molecule has 0 aliphatic heterocycles. The van der Waals surface area contributed by atoms with Gasteiger partial charge >= 0.3 is 5.97 Å². The van der Waals surface area contributed by atoms with Crippen molar-refractivity contribution in [3.8, 4) is 0 Å². The standard InChI is InChI=1S/C15H16N2O2S/c16-14-6-5-11(8-13(14)15(18)19)17(10-3-4-10)9-12-2-1-7-20-12/h1-2,5-8,10H,3-4,9,16H2,(H,18,19). The number of carboxylic acid groups (broad SMARTS) is 1. The molecule has 3 rings (SSSR count). The summed E-state index contributed by atoms with van der Waals surface area (Å²) in [5.74, 6) is -0.976. The number of thiophene rings is 1. The number of nitrogens with two attached hydrogens (primary N) is 1. The van der Waals surface area contributed by atoms with Gasteiger partial charge in [-0.2, -0.15) is 0 Å². The third-order valence-electron chi connectivity index (χ3n) is 3.49. The molecule has 5 heteroatoms. The molecule has 104 valence electrons. The molecule has 2 aromatic rings. The van der Waals surface area contributed by atoms with Gasteiger partial charge in [0, 0.05) is 22.3 Å². The van der Waals surface area contributed by atoms with Gasteiger partial charge in [-0.25, -0.2) is 4.79 Å². The SMILES string of the molecule is Nc1ccc(N(Cc2cccs2)C2CC2)cc1C(=O)O. The second-order valence-electron chi connectivity index (χ2n) is 5.02. The molecule has 1 aromatic carbocycles. The van der Waals surface area contributed by atoms with Crippen molar-refractivity contribution >= 4 is 28.7 Å². The molecule has 0 spiro atoms. The zero-order valence-electron chi connectivity index (χ0n) is 11.0. The number of nitrogen functional groups attached to an aromatic ring is 1. The Morgan fingerprint density at radius 2 is 2.20 bits per heavy atom. The topological polar surface area (TPSA) is 66.6 Å². The minimum atomic E-state index is -0.976. The van der Waals surface area contributed by atoms with Crippen LogP contribution in [0.15, 0.2) is 35.7 Å². The van der Waals surface area contributed by atoms with Crippen molar-refractivity contribution in [3.63, 3.8) is 0 Å². The Kier molecular flexibility index (Phi) is 3.36. The number of anilines is 2. The Hall–Kier alpha value is -2.01. The van der Waals surface area contributed by atoms with Crippen LogP contribution in [0.25, 0.3) is 0 Å². The average molecular weight is 288 g/mol. The first kappa shape index (κ1) is 13.0. The molecule has 20 heavy (non-hydrogen) atoms. The number of aromatic carboxylic acids is 1. The summed E-state index contributed by atoms with van der Waals surface area (Å²) in [6, 6.07) is 9.94. The molecule has 1 aromatic heterocycles. The number of carboxylic acids is 1. The van der Waals surface area contributed by atoms with Crippen LogP contribution in [0.3, 0.4) is 0 Å². The maximum atomic E-state index is 11.2. The lowest BCUT2D eigenvalue weighted by Crippen LogP contribution is -2.24. The van der Waals surface area contributed by atoms with Crippen LogP contribution >= 0.6 is 11.3 Å². The number of nitrogens with zero attached hydrogens (tertiary/aromatic N) is 1. The van der Waals surface area contributed by atoms with E-state index in [0.29, 0.717) is 11.7 Å². The van der Waals surface area contributed by atoms with Crippen LogP contribution in [0.5, 0.6) is 0 Å². The lowest BCUT2D eigenvalue weighted by atomic mass is 10.1. The summed E-state index contributed by atoms with van der Waals surface area (Å²) in [6.45, 7) is 0.825. The van der Waals surface area contributed by atoms with E-state index in [1.807, 2.05) is 12.1 Å². The van der Waals surface area contributed by atoms with E-state index in [-0.39, 0.29) is 5.56 Å². The van der Waals surface area contributed by atoms with Crippen LogP contribution in [-0.2, 0) is 6.54 Å².